The van der Waals surface area contributed by atoms with Gasteiger partial charge in [0.25, 0.3) is 5.91 Å². The van der Waals surface area contributed by atoms with Crippen molar-refractivity contribution in [2.45, 2.75) is 58.1 Å². The summed E-state index contributed by atoms with van der Waals surface area (Å²) >= 11 is 0. The number of nitrogens with one attached hydrogen (secondary N) is 1. The molecule has 2 aromatic carbocycles. The van der Waals surface area contributed by atoms with Crippen LogP contribution < -0.4 is 5.32 Å². The van der Waals surface area contributed by atoms with Gasteiger partial charge in [-0.25, -0.2) is 9.67 Å². The Hall–Kier alpha value is -4.02. The van der Waals surface area contributed by atoms with Gasteiger partial charge in [-0.05, 0) is 55.1 Å². The largest absolute Gasteiger partial charge is 0.469 e. The Labute approximate surface area is 242 Å². The fraction of sp³-hybridized carbons (Fsp3) is 0.355. The summed E-state index contributed by atoms with van der Waals surface area (Å²) in [5.41, 5.74) is 4.05. The minimum atomic E-state index is -1.14. The van der Waals surface area contributed by atoms with Crippen LogP contribution in [0.15, 0.2) is 73.2 Å². The predicted octanol–water partition coefficient (Wildman–Crippen LogP) is 6.19. The average Bonchev–Trinajstić information content (AvgIpc) is 3.60. The third kappa shape index (κ3) is 8.99. The molecule has 10 heteroatoms. The van der Waals surface area contributed by atoms with Crippen LogP contribution >= 0.6 is 0 Å². The molecule has 4 aromatic rings. The fourth-order valence-electron chi connectivity index (χ4n) is 4.23. The zero-order valence-electron chi connectivity index (χ0n) is 24.3. The van der Waals surface area contributed by atoms with Crippen molar-refractivity contribution in [1.82, 2.24) is 19.3 Å². The molecule has 1 amide bonds. The molecule has 4 rings (SSSR count). The fourth-order valence-corrected chi connectivity index (χ4v) is 4.99. The number of unbranched alkanes of at least 4 members (excludes halogenated alkanes) is 1. The van der Waals surface area contributed by atoms with E-state index in [1.54, 1.807) is 16.9 Å². The molecule has 0 unspecified atom stereocenters. The highest BCUT2D eigenvalue weighted by Crippen LogP contribution is 2.22. The van der Waals surface area contributed by atoms with Gasteiger partial charge in [-0.3, -0.25) is 19.5 Å². The first-order valence-electron chi connectivity index (χ1n) is 13.9. The minimum Gasteiger partial charge on any atom is -0.469 e. The summed E-state index contributed by atoms with van der Waals surface area (Å²) in [6, 6.07) is 18.3. The van der Waals surface area contributed by atoms with Crippen LogP contribution in [0.25, 0.3) is 16.8 Å². The molecule has 0 atom stereocenters. The number of para-hydroxylation sites is 1. The molecule has 0 aliphatic heterocycles. The van der Waals surface area contributed by atoms with E-state index in [9.17, 15) is 9.59 Å². The van der Waals surface area contributed by atoms with Crippen molar-refractivity contribution in [2.75, 3.05) is 19.0 Å². The second kappa shape index (κ2) is 14.0. The van der Waals surface area contributed by atoms with Crippen LogP contribution in [0, 0.1) is 0 Å². The maximum Gasteiger partial charge on any atom is 0.305 e. The van der Waals surface area contributed by atoms with Crippen molar-refractivity contribution in [1.29, 1.82) is 0 Å². The van der Waals surface area contributed by atoms with Crippen molar-refractivity contribution < 1.29 is 19.1 Å². The number of aryl methyl sites for hydroxylation is 1. The first-order valence-corrected chi connectivity index (χ1v) is 17.6. The lowest BCUT2D eigenvalue weighted by atomic mass is 10.1. The Morgan fingerprint density at radius 1 is 0.976 bits per heavy atom. The number of imidazole rings is 1. The van der Waals surface area contributed by atoms with Crippen LogP contribution in [0.4, 0.5) is 5.95 Å². The molecule has 0 aliphatic carbocycles. The van der Waals surface area contributed by atoms with Crippen molar-refractivity contribution >= 4 is 25.9 Å². The number of amides is 1. The van der Waals surface area contributed by atoms with Crippen LogP contribution in [-0.2, 0) is 27.4 Å². The normalized spacial score (nSPS) is 11.4. The molecule has 2 aromatic heterocycles. The number of carbonyl (C=O) groups excluding carboxylic acids is 2. The summed E-state index contributed by atoms with van der Waals surface area (Å²) in [5, 5.41) is 7.42. The number of hydrogen-bond acceptors (Lipinski definition) is 6. The number of carbonyl (C=O) groups is 2. The lowest BCUT2D eigenvalue weighted by Crippen LogP contribution is -2.22. The van der Waals surface area contributed by atoms with Crippen LogP contribution in [0.1, 0.15) is 35.3 Å². The molecule has 0 radical (unpaired) electrons. The zero-order valence-corrected chi connectivity index (χ0v) is 25.3. The SMILES string of the molecule is COC(=O)CCCCc1cn(-c2ccccc2)c(NC(=O)c2cccc(-c3cnn(COCC[Si](C)(C)C)c3)c2)n1. The van der Waals surface area contributed by atoms with E-state index in [2.05, 4.69) is 30.1 Å². The van der Waals surface area contributed by atoms with Gasteiger partial charge in [-0.2, -0.15) is 5.10 Å². The first-order chi connectivity index (χ1) is 19.7. The van der Waals surface area contributed by atoms with Gasteiger partial charge in [0.15, 0.2) is 0 Å². The molecule has 2 heterocycles. The van der Waals surface area contributed by atoms with Gasteiger partial charge < -0.3 is 9.47 Å². The average molecular weight is 574 g/mol. The van der Waals surface area contributed by atoms with Crippen LogP contribution in [0.2, 0.25) is 25.7 Å². The van der Waals surface area contributed by atoms with Gasteiger partial charge in [0, 0.05) is 50.3 Å². The van der Waals surface area contributed by atoms with E-state index in [-0.39, 0.29) is 11.9 Å². The maximum absolute atomic E-state index is 13.4. The van der Waals surface area contributed by atoms with Gasteiger partial charge in [0.2, 0.25) is 5.95 Å². The molecule has 216 valence electrons. The quantitative estimate of drug-likeness (QED) is 0.110. The second-order valence-electron chi connectivity index (χ2n) is 11.2. The molecule has 0 saturated heterocycles. The van der Waals surface area contributed by atoms with Gasteiger partial charge in [-0.1, -0.05) is 50.0 Å². The van der Waals surface area contributed by atoms with Gasteiger partial charge in [0.05, 0.1) is 19.0 Å². The number of ether oxygens (including phenoxy) is 2. The van der Waals surface area contributed by atoms with Gasteiger partial charge in [-0.15, -0.1) is 0 Å². The molecule has 1 N–H and O–H groups in total. The number of methoxy groups -OCH3 is 1. The molecule has 41 heavy (non-hydrogen) atoms. The molecular weight excluding hydrogens is 534 g/mol. The van der Waals surface area contributed by atoms with E-state index < -0.39 is 8.07 Å². The zero-order chi connectivity index (χ0) is 29.2. The molecule has 0 spiro atoms. The van der Waals surface area contributed by atoms with E-state index in [4.69, 9.17) is 14.5 Å². The molecule has 0 fully saturated rings. The number of nitrogens with zero attached hydrogens (tertiary/aromatic N) is 4. The summed E-state index contributed by atoms with van der Waals surface area (Å²) in [5.74, 6) is -0.0278. The number of anilines is 1. The summed E-state index contributed by atoms with van der Waals surface area (Å²) < 4.78 is 14.2. The molecule has 0 saturated carbocycles. The lowest BCUT2D eigenvalue weighted by molar-refractivity contribution is -0.140. The van der Waals surface area contributed by atoms with E-state index in [0.29, 0.717) is 37.5 Å². The highest BCUT2D eigenvalue weighted by atomic mass is 28.3. The smallest absolute Gasteiger partial charge is 0.305 e. The monoisotopic (exact) mass is 573 g/mol. The summed E-state index contributed by atoms with van der Waals surface area (Å²) in [7, 11) is 0.259. The number of aromatic nitrogens is 4. The van der Waals surface area contributed by atoms with Crippen LogP contribution in [-0.4, -0.2) is 53.0 Å². The molecule has 9 nitrogen and oxygen atoms in total. The van der Waals surface area contributed by atoms with E-state index >= 15 is 0 Å². The predicted molar refractivity (Wildman–Crippen MR) is 163 cm³/mol. The van der Waals surface area contributed by atoms with Gasteiger partial charge in [0.1, 0.15) is 6.73 Å². The van der Waals surface area contributed by atoms with Crippen molar-refractivity contribution in [3.8, 4) is 16.8 Å². The van der Waals surface area contributed by atoms with Crippen molar-refractivity contribution in [2.24, 2.45) is 0 Å². The third-order valence-electron chi connectivity index (χ3n) is 6.62. The Bertz CT molecular complexity index is 1440. The lowest BCUT2D eigenvalue weighted by Gasteiger charge is -2.15. The third-order valence-corrected chi connectivity index (χ3v) is 8.32. The first kappa shape index (κ1) is 29.9. The van der Waals surface area contributed by atoms with E-state index in [1.165, 1.54) is 7.11 Å². The Morgan fingerprint density at radius 2 is 1.78 bits per heavy atom. The van der Waals surface area contributed by atoms with Crippen molar-refractivity contribution in [3.63, 3.8) is 0 Å². The maximum atomic E-state index is 13.4. The molecule has 0 aliphatic rings. The second-order valence-corrected chi connectivity index (χ2v) is 16.8. The Morgan fingerprint density at radius 3 is 2.54 bits per heavy atom. The van der Waals surface area contributed by atoms with Crippen LogP contribution in [0.5, 0.6) is 0 Å². The number of benzene rings is 2. The summed E-state index contributed by atoms with van der Waals surface area (Å²) in [6.45, 7) is 8.12. The van der Waals surface area contributed by atoms with Crippen LogP contribution in [0.3, 0.4) is 0 Å². The number of rotatable bonds is 14. The topological polar surface area (TPSA) is 100 Å². The highest BCUT2D eigenvalue weighted by molar-refractivity contribution is 6.76. The molecular formula is C31H39N5O4Si. The Kier molecular flexibility index (Phi) is 10.3. The minimum absolute atomic E-state index is 0.215. The highest BCUT2D eigenvalue weighted by Gasteiger charge is 2.16. The summed E-state index contributed by atoms with van der Waals surface area (Å²) in [6.07, 6.45) is 8.20. The summed E-state index contributed by atoms with van der Waals surface area (Å²) in [4.78, 5) is 29.5. The van der Waals surface area contributed by atoms with E-state index in [0.717, 1.165) is 41.6 Å². The Balaban J connectivity index is 1.44. The van der Waals surface area contributed by atoms with Crippen molar-refractivity contribution in [3.05, 3.63) is 84.4 Å². The van der Waals surface area contributed by atoms with E-state index in [1.807, 2.05) is 65.5 Å². The number of hydrogen-bond donors (Lipinski definition) is 1. The number of esters is 1. The van der Waals surface area contributed by atoms with Gasteiger partial charge >= 0.3 is 5.97 Å². The standard InChI is InChI=1S/C31H39N5O4Si/c1-39-29(37)16-9-8-13-27-22-36(28-14-6-5-7-15-28)31(33-27)34-30(38)25-12-10-11-24(19-25)26-20-32-35(21-26)23-40-17-18-41(2,3)4/h5-7,10-12,14-15,19-22H,8-9,13,16-18,23H2,1-4H3,(H,33,34,38). The molecule has 0 bridgehead atoms.